The fourth-order valence-corrected chi connectivity index (χ4v) is 3.43. The van der Waals surface area contributed by atoms with Gasteiger partial charge in [0.05, 0.1) is 12.2 Å². The van der Waals surface area contributed by atoms with E-state index in [0.717, 1.165) is 44.8 Å². The van der Waals surface area contributed by atoms with Crippen molar-refractivity contribution >= 4 is 17.8 Å². The molecule has 27 heavy (non-hydrogen) atoms. The predicted octanol–water partition coefficient (Wildman–Crippen LogP) is 1.18. The summed E-state index contributed by atoms with van der Waals surface area (Å²) in [5.41, 5.74) is 0.570. The fourth-order valence-electron chi connectivity index (χ4n) is 3.43. The van der Waals surface area contributed by atoms with Crippen molar-refractivity contribution in [1.82, 2.24) is 20.1 Å². The molecule has 1 aromatic heterocycles. The Bertz CT molecular complexity index is 635. The SMILES string of the molecule is CCOC(=O)N1CCC(NC(=O)c2ccc(N3CCN(C)CC3)nc2)CC1. The number of rotatable bonds is 4. The average molecular weight is 375 g/mol. The van der Waals surface area contributed by atoms with Crippen LogP contribution in [0.3, 0.4) is 0 Å². The zero-order chi connectivity index (χ0) is 19.2. The van der Waals surface area contributed by atoms with Crippen LogP contribution < -0.4 is 10.2 Å². The van der Waals surface area contributed by atoms with Crippen LogP contribution >= 0.6 is 0 Å². The highest BCUT2D eigenvalue weighted by atomic mass is 16.6. The Hall–Kier alpha value is -2.35. The molecule has 1 N–H and O–H groups in total. The van der Waals surface area contributed by atoms with Crippen molar-refractivity contribution in [2.75, 3.05) is 57.8 Å². The summed E-state index contributed by atoms with van der Waals surface area (Å²) in [4.78, 5) is 34.9. The molecule has 0 atom stereocenters. The Kier molecular flexibility index (Phi) is 6.49. The largest absolute Gasteiger partial charge is 0.450 e. The van der Waals surface area contributed by atoms with Crippen LogP contribution in [0.4, 0.5) is 10.6 Å². The van der Waals surface area contributed by atoms with Gasteiger partial charge in [0.25, 0.3) is 5.91 Å². The Morgan fingerprint density at radius 2 is 1.85 bits per heavy atom. The molecule has 3 heterocycles. The molecule has 2 amide bonds. The summed E-state index contributed by atoms with van der Waals surface area (Å²) in [6.07, 6.45) is 2.84. The molecule has 0 aliphatic carbocycles. The number of likely N-dealkylation sites (tertiary alicyclic amines) is 1. The van der Waals surface area contributed by atoms with E-state index in [1.165, 1.54) is 0 Å². The Labute approximate surface area is 160 Å². The second kappa shape index (κ2) is 9.03. The number of nitrogens with zero attached hydrogens (tertiary/aromatic N) is 4. The molecular weight excluding hydrogens is 346 g/mol. The van der Waals surface area contributed by atoms with E-state index in [4.69, 9.17) is 4.74 Å². The van der Waals surface area contributed by atoms with Crippen molar-refractivity contribution in [3.05, 3.63) is 23.9 Å². The minimum atomic E-state index is -0.272. The van der Waals surface area contributed by atoms with E-state index in [0.29, 0.717) is 25.3 Å². The summed E-state index contributed by atoms with van der Waals surface area (Å²) < 4.78 is 5.02. The van der Waals surface area contributed by atoms with Gasteiger partial charge in [0.2, 0.25) is 0 Å². The van der Waals surface area contributed by atoms with Gasteiger partial charge in [-0.15, -0.1) is 0 Å². The van der Waals surface area contributed by atoms with Gasteiger partial charge in [0.1, 0.15) is 5.82 Å². The number of aromatic nitrogens is 1. The first-order chi connectivity index (χ1) is 13.1. The van der Waals surface area contributed by atoms with Gasteiger partial charge in [-0.05, 0) is 38.9 Å². The van der Waals surface area contributed by atoms with Crippen LogP contribution in [0.15, 0.2) is 18.3 Å². The van der Waals surface area contributed by atoms with Crippen LogP contribution in [-0.4, -0.2) is 85.7 Å². The highest BCUT2D eigenvalue weighted by molar-refractivity contribution is 5.94. The van der Waals surface area contributed by atoms with E-state index < -0.39 is 0 Å². The molecule has 148 valence electrons. The number of piperidine rings is 1. The van der Waals surface area contributed by atoms with E-state index in [2.05, 4.69) is 27.1 Å². The van der Waals surface area contributed by atoms with Crippen LogP contribution in [0.2, 0.25) is 0 Å². The summed E-state index contributed by atoms with van der Waals surface area (Å²) >= 11 is 0. The molecule has 0 bridgehead atoms. The molecule has 3 rings (SSSR count). The van der Waals surface area contributed by atoms with Crippen LogP contribution in [0.5, 0.6) is 0 Å². The molecule has 0 spiro atoms. The van der Waals surface area contributed by atoms with E-state index in [9.17, 15) is 9.59 Å². The van der Waals surface area contributed by atoms with Crippen molar-refractivity contribution in [1.29, 1.82) is 0 Å². The summed E-state index contributed by atoms with van der Waals surface area (Å²) in [5.74, 6) is 0.810. The standard InChI is InChI=1S/C19H29N5O3/c1-3-27-19(26)24-8-6-16(7-9-24)21-18(25)15-4-5-17(20-14-15)23-12-10-22(2)11-13-23/h4-5,14,16H,3,6-13H2,1-2H3,(H,21,25). The number of anilines is 1. The minimum absolute atomic E-state index is 0.0699. The highest BCUT2D eigenvalue weighted by Crippen LogP contribution is 2.15. The number of hydrogen-bond donors (Lipinski definition) is 1. The molecule has 2 saturated heterocycles. The van der Waals surface area contributed by atoms with E-state index >= 15 is 0 Å². The van der Waals surface area contributed by atoms with Crippen LogP contribution in [0.25, 0.3) is 0 Å². The lowest BCUT2D eigenvalue weighted by Crippen LogP contribution is -2.46. The summed E-state index contributed by atoms with van der Waals surface area (Å²) in [7, 11) is 2.12. The van der Waals surface area contributed by atoms with E-state index in [1.807, 2.05) is 12.1 Å². The number of pyridine rings is 1. The van der Waals surface area contributed by atoms with Gasteiger partial charge in [0, 0.05) is 51.5 Å². The number of amides is 2. The lowest BCUT2D eigenvalue weighted by Gasteiger charge is -2.33. The summed E-state index contributed by atoms with van der Waals surface area (Å²) in [5, 5.41) is 3.05. The first-order valence-electron chi connectivity index (χ1n) is 9.69. The number of piperazine rings is 1. The number of ether oxygens (including phenoxy) is 1. The number of carbonyl (C=O) groups is 2. The normalized spacial score (nSPS) is 19.0. The van der Waals surface area contributed by atoms with Gasteiger partial charge in [-0.1, -0.05) is 0 Å². The number of carbonyl (C=O) groups excluding carboxylic acids is 2. The minimum Gasteiger partial charge on any atom is -0.450 e. The molecule has 8 heteroatoms. The molecule has 8 nitrogen and oxygen atoms in total. The first-order valence-corrected chi connectivity index (χ1v) is 9.69. The molecule has 0 aromatic carbocycles. The van der Waals surface area contributed by atoms with Crippen molar-refractivity contribution in [3.8, 4) is 0 Å². The number of hydrogen-bond acceptors (Lipinski definition) is 6. The molecular formula is C19H29N5O3. The van der Waals surface area contributed by atoms with Crippen LogP contribution in [0.1, 0.15) is 30.1 Å². The molecule has 0 unspecified atom stereocenters. The molecule has 2 aliphatic heterocycles. The van der Waals surface area contributed by atoms with E-state index in [-0.39, 0.29) is 18.0 Å². The topological polar surface area (TPSA) is 78.0 Å². The highest BCUT2D eigenvalue weighted by Gasteiger charge is 2.25. The molecule has 2 aliphatic rings. The average Bonchev–Trinajstić information content (AvgIpc) is 2.69. The van der Waals surface area contributed by atoms with Gasteiger partial charge in [0.15, 0.2) is 0 Å². The zero-order valence-electron chi connectivity index (χ0n) is 16.2. The second-order valence-corrected chi connectivity index (χ2v) is 7.13. The second-order valence-electron chi connectivity index (χ2n) is 7.13. The maximum atomic E-state index is 12.5. The summed E-state index contributed by atoms with van der Waals surface area (Å²) in [6, 6.07) is 3.83. The first kappa shape index (κ1) is 19.4. The third-order valence-electron chi connectivity index (χ3n) is 5.19. The zero-order valence-corrected chi connectivity index (χ0v) is 16.2. The van der Waals surface area contributed by atoms with Crippen molar-refractivity contribution in [2.24, 2.45) is 0 Å². The van der Waals surface area contributed by atoms with Crippen LogP contribution in [0, 0.1) is 0 Å². The maximum Gasteiger partial charge on any atom is 0.409 e. The molecule has 0 radical (unpaired) electrons. The lowest BCUT2D eigenvalue weighted by atomic mass is 10.0. The van der Waals surface area contributed by atoms with Crippen molar-refractivity contribution in [2.45, 2.75) is 25.8 Å². The van der Waals surface area contributed by atoms with Gasteiger partial charge < -0.3 is 24.8 Å². The number of likely N-dealkylation sites (N-methyl/N-ethyl adjacent to an activating group) is 1. The van der Waals surface area contributed by atoms with Gasteiger partial charge in [-0.25, -0.2) is 9.78 Å². The Morgan fingerprint density at radius 1 is 1.15 bits per heavy atom. The quantitative estimate of drug-likeness (QED) is 0.852. The third-order valence-corrected chi connectivity index (χ3v) is 5.19. The number of nitrogens with one attached hydrogen (secondary N) is 1. The fraction of sp³-hybridized carbons (Fsp3) is 0.632. The van der Waals surface area contributed by atoms with Crippen LogP contribution in [-0.2, 0) is 4.74 Å². The monoisotopic (exact) mass is 375 g/mol. The van der Waals surface area contributed by atoms with Crippen molar-refractivity contribution in [3.63, 3.8) is 0 Å². The van der Waals surface area contributed by atoms with Gasteiger partial charge in [-0.2, -0.15) is 0 Å². The third kappa shape index (κ3) is 5.09. The summed E-state index contributed by atoms with van der Waals surface area (Å²) in [6.45, 7) is 7.33. The molecule has 1 aromatic rings. The van der Waals surface area contributed by atoms with Gasteiger partial charge in [-0.3, -0.25) is 4.79 Å². The molecule has 2 fully saturated rings. The van der Waals surface area contributed by atoms with E-state index in [1.54, 1.807) is 18.0 Å². The Morgan fingerprint density at radius 3 is 2.44 bits per heavy atom. The Balaban J connectivity index is 1.48. The molecule has 0 saturated carbocycles. The van der Waals surface area contributed by atoms with Crippen molar-refractivity contribution < 1.29 is 14.3 Å². The maximum absolute atomic E-state index is 12.5. The van der Waals surface area contributed by atoms with Gasteiger partial charge >= 0.3 is 6.09 Å². The lowest BCUT2D eigenvalue weighted by molar-refractivity contribution is 0.0860. The smallest absolute Gasteiger partial charge is 0.409 e. The predicted molar refractivity (Wildman–Crippen MR) is 103 cm³/mol.